The molecule has 0 fully saturated rings. The van der Waals surface area contributed by atoms with Gasteiger partial charge in [-0.05, 0) is 12.8 Å². The smallest absolute Gasteiger partial charge is 0.457 e. The number of esters is 2. The molecule has 11 heteroatoms. The van der Waals surface area contributed by atoms with E-state index in [1.165, 1.54) is 25.7 Å². The lowest BCUT2D eigenvalue weighted by molar-refractivity contribution is -0.153. The predicted octanol–water partition coefficient (Wildman–Crippen LogP) is 3.65. The van der Waals surface area contributed by atoms with E-state index in [9.17, 15) is 29.3 Å². The number of carbonyl (C=O) groups is 2. The van der Waals surface area contributed by atoms with Crippen LogP contribution in [0.4, 0.5) is 0 Å². The first kappa shape index (κ1) is 32.0. The molecular weight excluding hydrogens is 455 g/mol. The minimum absolute atomic E-state index is 0.169. The number of aliphatic hydroxyl groups excluding tert-OH is 2. The summed E-state index contributed by atoms with van der Waals surface area (Å²) in [4.78, 5) is 33.3. The molecule has 0 aliphatic carbocycles. The number of unbranched alkanes of at least 4 members (excludes halogenated alkanes) is 8. The molecule has 0 heterocycles. The van der Waals surface area contributed by atoms with Crippen LogP contribution in [0.25, 0.3) is 0 Å². The third kappa shape index (κ3) is 19.0. The van der Waals surface area contributed by atoms with Crippen LogP contribution in [0, 0.1) is 0 Å². The molecule has 0 spiro atoms. The van der Waals surface area contributed by atoms with Gasteiger partial charge >= 0.3 is 19.8 Å². The van der Waals surface area contributed by atoms with E-state index < -0.39 is 58.4 Å². The van der Waals surface area contributed by atoms with Gasteiger partial charge in [0.05, 0.1) is 26.4 Å². The zero-order valence-electron chi connectivity index (χ0n) is 20.1. The topological polar surface area (TPSA) is 149 Å². The second-order valence-electron chi connectivity index (χ2n) is 7.98. The van der Waals surface area contributed by atoms with Crippen LogP contribution in [0.5, 0.6) is 0 Å². The molecule has 0 saturated heterocycles. The lowest BCUT2D eigenvalue weighted by Gasteiger charge is -2.20. The van der Waals surface area contributed by atoms with E-state index in [2.05, 4.69) is 6.92 Å². The van der Waals surface area contributed by atoms with E-state index in [0.717, 1.165) is 25.7 Å². The van der Waals surface area contributed by atoms with Gasteiger partial charge < -0.3 is 24.6 Å². The predicted molar refractivity (Wildman–Crippen MR) is 122 cm³/mol. The second-order valence-corrected chi connectivity index (χ2v) is 9.43. The Hall–Kier alpha value is -1.03. The lowest BCUT2D eigenvalue weighted by Crippen LogP contribution is -2.28. The number of phosphoric ester groups is 1. The molecule has 0 rings (SSSR count). The summed E-state index contributed by atoms with van der Waals surface area (Å²) in [6.07, 6.45) is 8.23. The Balaban J connectivity index is 4.16. The normalized spacial score (nSPS) is 14.9. The summed E-state index contributed by atoms with van der Waals surface area (Å²) >= 11 is 0. The Labute approximate surface area is 197 Å². The highest BCUT2D eigenvalue weighted by atomic mass is 31.2. The number of hydrogen-bond donors (Lipinski definition) is 3. The van der Waals surface area contributed by atoms with Crippen LogP contribution >= 0.6 is 7.82 Å². The first-order chi connectivity index (χ1) is 15.8. The highest BCUT2D eigenvalue weighted by Gasteiger charge is 2.27. The Morgan fingerprint density at radius 2 is 1.09 bits per heavy atom. The first-order valence-corrected chi connectivity index (χ1v) is 13.5. The van der Waals surface area contributed by atoms with Crippen molar-refractivity contribution in [1.82, 2.24) is 0 Å². The van der Waals surface area contributed by atoms with E-state index >= 15 is 0 Å². The maximum atomic E-state index is 12.0. The molecule has 0 radical (unpaired) electrons. The highest BCUT2D eigenvalue weighted by molar-refractivity contribution is 7.47. The Morgan fingerprint density at radius 3 is 1.52 bits per heavy atom. The molecule has 0 aromatic heterocycles. The van der Waals surface area contributed by atoms with E-state index in [-0.39, 0.29) is 12.8 Å². The largest absolute Gasteiger partial charge is 0.472 e. The average molecular weight is 499 g/mol. The molecule has 196 valence electrons. The molecule has 10 nitrogen and oxygen atoms in total. The zero-order valence-corrected chi connectivity index (χ0v) is 21.0. The molecule has 0 aliphatic heterocycles. The van der Waals surface area contributed by atoms with Crippen molar-refractivity contribution in [1.29, 1.82) is 0 Å². The van der Waals surface area contributed by atoms with Crippen molar-refractivity contribution in [3.8, 4) is 0 Å². The van der Waals surface area contributed by atoms with Gasteiger partial charge in [0.2, 0.25) is 0 Å². The summed E-state index contributed by atoms with van der Waals surface area (Å²) in [5.41, 5.74) is 0. The molecule has 0 aromatic carbocycles. The summed E-state index contributed by atoms with van der Waals surface area (Å²) < 4.78 is 31.6. The van der Waals surface area contributed by atoms with Crippen LogP contribution in [0.15, 0.2) is 0 Å². The first-order valence-electron chi connectivity index (χ1n) is 12.0. The fraction of sp³-hybridized carbons (Fsp3) is 0.909. The summed E-state index contributed by atoms with van der Waals surface area (Å²) in [6.45, 7) is 1.80. The molecule has 0 aromatic rings. The fourth-order valence-corrected chi connectivity index (χ4v) is 3.64. The molecule has 3 N–H and O–H groups in total. The van der Waals surface area contributed by atoms with Crippen LogP contribution in [0.1, 0.15) is 90.9 Å². The van der Waals surface area contributed by atoms with Crippen LogP contribution in [0.2, 0.25) is 0 Å². The number of ether oxygens (including phenoxy) is 2. The minimum atomic E-state index is -4.58. The standard InChI is InChI=1S/C22H43O10P/c1-3-5-7-8-9-10-11-12-14-22(26)32-20(16-24)18-30-33(27,28)29-17-19(15-23)31-21(25)13-6-4-2/h19-20,23-24H,3-18H2,1-2H3,(H,27,28). The Morgan fingerprint density at radius 1 is 0.697 bits per heavy atom. The molecule has 0 bridgehead atoms. The molecule has 33 heavy (non-hydrogen) atoms. The van der Waals surface area contributed by atoms with Crippen molar-refractivity contribution in [3.63, 3.8) is 0 Å². The number of hydrogen-bond acceptors (Lipinski definition) is 9. The van der Waals surface area contributed by atoms with Gasteiger partial charge in [-0.2, -0.15) is 0 Å². The van der Waals surface area contributed by atoms with Gasteiger partial charge in [-0.25, -0.2) is 4.57 Å². The highest BCUT2D eigenvalue weighted by Crippen LogP contribution is 2.43. The molecule has 0 saturated carbocycles. The maximum Gasteiger partial charge on any atom is 0.472 e. The molecule has 0 aliphatic rings. The van der Waals surface area contributed by atoms with Crippen molar-refractivity contribution in [3.05, 3.63) is 0 Å². The van der Waals surface area contributed by atoms with Crippen molar-refractivity contribution < 1.29 is 47.8 Å². The van der Waals surface area contributed by atoms with Gasteiger partial charge in [0, 0.05) is 12.8 Å². The van der Waals surface area contributed by atoms with Crippen molar-refractivity contribution in [2.45, 2.75) is 103 Å². The van der Waals surface area contributed by atoms with E-state index in [1.807, 2.05) is 6.92 Å². The average Bonchev–Trinajstić information content (AvgIpc) is 2.79. The summed E-state index contributed by atoms with van der Waals surface area (Å²) in [7, 11) is -4.58. The van der Waals surface area contributed by atoms with E-state index in [4.69, 9.17) is 18.5 Å². The summed E-state index contributed by atoms with van der Waals surface area (Å²) in [5, 5.41) is 18.6. The Bertz CT molecular complexity index is 557. The monoisotopic (exact) mass is 498 g/mol. The van der Waals surface area contributed by atoms with Crippen LogP contribution < -0.4 is 0 Å². The maximum absolute atomic E-state index is 12.0. The number of carbonyl (C=O) groups excluding carboxylic acids is 2. The summed E-state index contributed by atoms with van der Waals surface area (Å²) in [5.74, 6) is -1.06. The fourth-order valence-electron chi connectivity index (χ4n) is 2.85. The quantitative estimate of drug-likeness (QED) is 0.115. The van der Waals surface area contributed by atoms with Crippen molar-refractivity contribution in [2.24, 2.45) is 0 Å². The van der Waals surface area contributed by atoms with Crippen LogP contribution in [-0.4, -0.2) is 65.7 Å². The van der Waals surface area contributed by atoms with E-state index in [1.54, 1.807) is 0 Å². The summed E-state index contributed by atoms with van der Waals surface area (Å²) in [6, 6.07) is 0. The van der Waals surface area contributed by atoms with E-state index in [0.29, 0.717) is 12.8 Å². The zero-order chi connectivity index (χ0) is 25.0. The number of rotatable bonds is 22. The molecule has 3 unspecified atom stereocenters. The van der Waals surface area contributed by atoms with Gasteiger partial charge in [-0.15, -0.1) is 0 Å². The van der Waals surface area contributed by atoms with Crippen molar-refractivity contribution >= 4 is 19.8 Å². The van der Waals surface area contributed by atoms with Crippen LogP contribution in [-0.2, 0) is 32.7 Å². The SMILES string of the molecule is CCCCCCCCCCC(=O)OC(CO)COP(=O)(O)OCC(CO)OC(=O)CCCC. The second kappa shape index (κ2) is 20.4. The molecule has 0 amide bonds. The third-order valence-corrected chi connectivity index (χ3v) is 5.77. The third-order valence-electron chi connectivity index (χ3n) is 4.82. The number of phosphoric acid groups is 1. The number of aliphatic hydroxyl groups is 2. The van der Waals surface area contributed by atoms with Gasteiger partial charge in [0.25, 0.3) is 0 Å². The van der Waals surface area contributed by atoms with Crippen LogP contribution in [0.3, 0.4) is 0 Å². The Kier molecular flexibility index (Phi) is 19.7. The lowest BCUT2D eigenvalue weighted by atomic mass is 10.1. The van der Waals surface area contributed by atoms with Gasteiger partial charge in [-0.1, -0.05) is 65.2 Å². The van der Waals surface area contributed by atoms with Gasteiger partial charge in [0.15, 0.2) is 0 Å². The molecular formula is C22H43O10P. The van der Waals surface area contributed by atoms with Gasteiger partial charge in [-0.3, -0.25) is 18.6 Å². The van der Waals surface area contributed by atoms with Gasteiger partial charge in [0.1, 0.15) is 12.2 Å². The molecule has 3 atom stereocenters. The van der Waals surface area contributed by atoms with Crippen molar-refractivity contribution in [2.75, 3.05) is 26.4 Å². The minimum Gasteiger partial charge on any atom is -0.457 e.